The molecule has 6 heteroatoms. The van der Waals surface area contributed by atoms with Crippen LogP contribution in [0.4, 0.5) is 4.39 Å². The van der Waals surface area contributed by atoms with Crippen LogP contribution in [0.5, 0.6) is 11.5 Å². The van der Waals surface area contributed by atoms with Crippen molar-refractivity contribution >= 4 is 5.91 Å². The largest absolute Gasteiger partial charge is 0.486 e. The van der Waals surface area contributed by atoms with E-state index in [2.05, 4.69) is 6.07 Å². The Morgan fingerprint density at radius 1 is 1.04 bits per heavy atom. The van der Waals surface area contributed by atoms with Crippen molar-refractivity contribution in [3.05, 3.63) is 59.4 Å². The fraction of sp³-hybridized carbons (Fsp3) is 0.350. The quantitative estimate of drug-likeness (QED) is 0.896. The molecule has 5 nitrogen and oxygen atoms in total. The average Bonchev–Trinajstić information content (AvgIpc) is 2.68. The van der Waals surface area contributed by atoms with Crippen LogP contribution in [0, 0.1) is 5.82 Å². The first-order valence-corrected chi connectivity index (χ1v) is 8.96. The number of ether oxygens (including phenoxy) is 2. The van der Waals surface area contributed by atoms with E-state index >= 15 is 0 Å². The summed E-state index contributed by atoms with van der Waals surface area (Å²) in [5, 5.41) is 0. The van der Waals surface area contributed by atoms with E-state index in [1.165, 1.54) is 16.5 Å². The van der Waals surface area contributed by atoms with E-state index in [1.54, 1.807) is 23.1 Å². The summed E-state index contributed by atoms with van der Waals surface area (Å²) in [4.78, 5) is 15.6. The molecular weight excluding hydrogens is 335 g/mol. The number of benzene rings is 2. The number of fused-ring (bicyclic) bond motifs is 1. The number of hydrogen-bond acceptors (Lipinski definition) is 3. The Labute approximate surface area is 151 Å². The van der Waals surface area contributed by atoms with Crippen molar-refractivity contribution in [3.8, 4) is 11.5 Å². The Kier molecular flexibility index (Phi) is 4.75. The van der Waals surface area contributed by atoms with Crippen LogP contribution in [0.25, 0.3) is 0 Å². The maximum absolute atomic E-state index is 13.8. The minimum Gasteiger partial charge on any atom is -0.486 e. The Hall–Kier alpha value is -2.60. The number of nitrogens with zero attached hydrogens (tertiary/aromatic N) is 1. The van der Waals surface area contributed by atoms with E-state index in [0.29, 0.717) is 26.3 Å². The number of carbonyl (C=O) groups excluding carboxylic acids is 1. The standard InChI is InChI=1S/C20H21FN2O3/c21-17-4-2-1-3-16(17)20(24)23-9-7-22(8-10-23)14-15-5-6-18-19(13-15)26-12-11-25-18/h1-6,13H,7-12,14H2/p+1. The van der Waals surface area contributed by atoms with Gasteiger partial charge in [-0.25, -0.2) is 4.39 Å². The number of amides is 1. The lowest BCUT2D eigenvalue weighted by molar-refractivity contribution is -0.917. The highest BCUT2D eigenvalue weighted by Crippen LogP contribution is 2.30. The van der Waals surface area contributed by atoms with Crippen LogP contribution in [0.3, 0.4) is 0 Å². The predicted octanol–water partition coefficient (Wildman–Crippen LogP) is 1.14. The zero-order valence-corrected chi connectivity index (χ0v) is 14.5. The zero-order chi connectivity index (χ0) is 17.9. The second kappa shape index (κ2) is 7.33. The summed E-state index contributed by atoms with van der Waals surface area (Å²) in [6.07, 6.45) is 0. The third-order valence-electron chi connectivity index (χ3n) is 4.92. The molecule has 0 bridgehead atoms. The second-order valence-electron chi connectivity index (χ2n) is 6.68. The summed E-state index contributed by atoms with van der Waals surface area (Å²) in [6.45, 7) is 5.00. The summed E-state index contributed by atoms with van der Waals surface area (Å²) in [5.74, 6) is 0.932. The van der Waals surface area contributed by atoms with Crippen LogP contribution < -0.4 is 14.4 Å². The normalized spacial score (nSPS) is 17.2. The lowest BCUT2D eigenvalue weighted by Crippen LogP contribution is -3.13. The molecule has 1 amide bonds. The number of nitrogens with one attached hydrogen (secondary N) is 1. The van der Waals surface area contributed by atoms with E-state index in [0.717, 1.165) is 31.1 Å². The molecule has 1 N–H and O–H groups in total. The van der Waals surface area contributed by atoms with Crippen molar-refractivity contribution in [2.45, 2.75) is 6.54 Å². The van der Waals surface area contributed by atoms with Crippen LogP contribution in [0.15, 0.2) is 42.5 Å². The molecule has 2 aromatic carbocycles. The average molecular weight is 357 g/mol. The van der Waals surface area contributed by atoms with E-state index < -0.39 is 5.82 Å². The van der Waals surface area contributed by atoms with Gasteiger partial charge in [-0.15, -0.1) is 0 Å². The van der Waals surface area contributed by atoms with Gasteiger partial charge in [0.25, 0.3) is 5.91 Å². The van der Waals surface area contributed by atoms with Crippen LogP contribution in [0.1, 0.15) is 15.9 Å². The SMILES string of the molecule is O=C(c1ccccc1F)N1CC[NH+](Cc2ccc3c(c2)OCCO3)CC1. The monoisotopic (exact) mass is 357 g/mol. The molecule has 0 unspecified atom stereocenters. The molecule has 1 saturated heterocycles. The van der Waals surface area contributed by atoms with Crippen LogP contribution in [0.2, 0.25) is 0 Å². The summed E-state index contributed by atoms with van der Waals surface area (Å²) >= 11 is 0. The molecule has 0 saturated carbocycles. The Bertz CT molecular complexity index is 803. The Morgan fingerprint density at radius 2 is 1.77 bits per heavy atom. The molecule has 136 valence electrons. The molecule has 2 aliphatic heterocycles. The molecule has 4 rings (SSSR count). The van der Waals surface area contributed by atoms with E-state index in [-0.39, 0.29) is 11.5 Å². The lowest BCUT2D eigenvalue weighted by Gasteiger charge is -2.32. The molecule has 2 aliphatic rings. The molecule has 0 aromatic heterocycles. The van der Waals surface area contributed by atoms with Gasteiger partial charge in [-0.1, -0.05) is 12.1 Å². The minimum absolute atomic E-state index is 0.155. The number of halogens is 1. The van der Waals surface area contributed by atoms with Crippen molar-refractivity contribution in [2.75, 3.05) is 39.4 Å². The van der Waals surface area contributed by atoms with Gasteiger partial charge < -0.3 is 19.3 Å². The first-order chi connectivity index (χ1) is 12.7. The van der Waals surface area contributed by atoms with Crippen molar-refractivity contribution in [2.24, 2.45) is 0 Å². The summed E-state index contributed by atoms with van der Waals surface area (Å²) in [5.41, 5.74) is 1.35. The number of quaternary nitrogens is 1. The van der Waals surface area contributed by atoms with Gasteiger partial charge in [0.1, 0.15) is 25.6 Å². The summed E-state index contributed by atoms with van der Waals surface area (Å²) in [6, 6.07) is 12.2. The van der Waals surface area contributed by atoms with E-state index in [4.69, 9.17) is 9.47 Å². The smallest absolute Gasteiger partial charge is 0.257 e. The fourth-order valence-corrected chi connectivity index (χ4v) is 3.49. The third kappa shape index (κ3) is 3.51. The van der Waals surface area contributed by atoms with E-state index in [9.17, 15) is 9.18 Å². The molecule has 2 aromatic rings. The van der Waals surface area contributed by atoms with E-state index in [1.807, 2.05) is 12.1 Å². The van der Waals surface area contributed by atoms with Gasteiger partial charge in [-0.2, -0.15) is 0 Å². The lowest BCUT2D eigenvalue weighted by atomic mass is 10.1. The Morgan fingerprint density at radius 3 is 2.54 bits per heavy atom. The molecule has 0 spiro atoms. The predicted molar refractivity (Wildman–Crippen MR) is 94.1 cm³/mol. The first kappa shape index (κ1) is 16.8. The zero-order valence-electron chi connectivity index (χ0n) is 14.5. The number of piperazine rings is 1. The molecule has 0 aliphatic carbocycles. The first-order valence-electron chi connectivity index (χ1n) is 8.96. The molecule has 0 atom stereocenters. The topological polar surface area (TPSA) is 43.2 Å². The number of rotatable bonds is 3. The summed E-state index contributed by atoms with van der Waals surface area (Å²) in [7, 11) is 0. The fourth-order valence-electron chi connectivity index (χ4n) is 3.49. The maximum atomic E-state index is 13.8. The molecular formula is C20H22FN2O3+. The molecule has 1 fully saturated rings. The van der Waals surface area contributed by atoms with Gasteiger partial charge in [0, 0.05) is 5.56 Å². The number of hydrogen-bond donors (Lipinski definition) is 1. The van der Waals surface area contributed by atoms with Crippen molar-refractivity contribution in [1.82, 2.24) is 4.90 Å². The van der Waals surface area contributed by atoms with Gasteiger partial charge in [-0.3, -0.25) is 4.79 Å². The summed E-state index contributed by atoms with van der Waals surface area (Å²) < 4.78 is 25.0. The van der Waals surface area contributed by atoms with Crippen LogP contribution in [-0.4, -0.2) is 50.2 Å². The highest BCUT2D eigenvalue weighted by molar-refractivity contribution is 5.94. The van der Waals surface area contributed by atoms with Gasteiger partial charge in [0.15, 0.2) is 11.5 Å². The molecule has 0 radical (unpaired) electrons. The number of carbonyl (C=O) groups is 1. The minimum atomic E-state index is -0.455. The van der Waals surface area contributed by atoms with Crippen LogP contribution >= 0.6 is 0 Å². The van der Waals surface area contributed by atoms with Crippen molar-refractivity contribution in [3.63, 3.8) is 0 Å². The van der Waals surface area contributed by atoms with Gasteiger partial charge in [0.2, 0.25) is 0 Å². The van der Waals surface area contributed by atoms with Crippen molar-refractivity contribution in [1.29, 1.82) is 0 Å². The second-order valence-corrected chi connectivity index (χ2v) is 6.68. The molecule has 26 heavy (non-hydrogen) atoms. The van der Waals surface area contributed by atoms with Crippen LogP contribution in [-0.2, 0) is 6.54 Å². The Balaban J connectivity index is 1.35. The highest BCUT2D eigenvalue weighted by atomic mass is 19.1. The van der Waals surface area contributed by atoms with Gasteiger partial charge >= 0.3 is 0 Å². The van der Waals surface area contributed by atoms with Gasteiger partial charge in [-0.05, 0) is 30.3 Å². The third-order valence-corrected chi connectivity index (χ3v) is 4.92. The highest BCUT2D eigenvalue weighted by Gasteiger charge is 2.26. The molecule has 2 heterocycles. The van der Waals surface area contributed by atoms with Gasteiger partial charge in [0.05, 0.1) is 31.7 Å². The van der Waals surface area contributed by atoms with Crippen molar-refractivity contribution < 1.29 is 23.6 Å². The maximum Gasteiger partial charge on any atom is 0.257 e.